The zero-order chi connectivity index (χ0) is 10.1. The van der Waals surface area contributed by atoms with Crippen LogP contribution in [-0.2, 0) is 7.05 Å². The smallest absolute Gasteiger partial charge is 0.158 e. The summed E-state index contributed by atoms with van der Waals surface area (Å²) in [5.41, 5.74) is 0.783. The van der Waals surface area contributed by atoms with Gasteiger partial charge in [-0.15, -0.1) is 0 Å². The number of aromatic amines is 1. The second-order valence-corrected chi connectivity index (χ2v) is 4.05. The molecule has 2 aromatic heterocycles. The van der Waals surface area contributed by atoms with E-state index in [2.05, 4.69) is 31.0 Å². The van der Waals surface area contributed by atoms with Gasteiger partial charge in [0.25, 0.3) is 0 Å². The van der Waals surface area contributed by atoms with Crippen LogP contribution in [0.4, 0.5) is 0 Å². The Hall–Kier alpha value is -1.01. The van der Waals surface area contributed by atoms with Crippen LogP contribution in [0, 0.1) is 4.64 Å². The first-order valence-electron chi connectivity index (χ1n) is 3.91. The molecule has 0 radical (unpaired) electrons. The molecule has 0 atom stereocenters. The number of aryl methyl sites for hydroxylation is 1. The molecule has 0 aromatic carbocycles. The van der Waals surface area contributed by atoms with Gasteiger partial charge >= 0.3 is 0 Å². The van der Waals surface area contributed by atoms with Gasteiger partial charge in [0, 0.05) is 19.4 Å². The first kappa shape index (κ1) is 9.54. The largest absolute Gasteiger partial charge is 0.328 e. The van der Waals surface area contributed by atoms with E-state index >= 15 is 0 Å². The summed E-state index contributed by atoms with van der Waals surface area (Å²) >= 11 is 8.35. The Balaban J connectivity index is 2.53. The maximum atomic E-state index is 5.07. The third-order valence-electron chi connectivity index (χ3n) is 1.71. The SMILES string of the molecule is Cn1ccc(-c2ncc(Br)c(=S)[nH]2)n1. The summed E-state index contributed by atoms with van der Waals surface area (Å²) in [5, 5.41) is 4.21. The number of hydrogen-bond donors (Lipinski definition) is 1. The van der Waals surface area contributed by atoms with Gasteiger partial charge in [-0.05, 0) is 22.0 Å². The van der Waals surface area contributed by atoms with Gasteiger partial charge < -0.3 is 4.98 Å². The average molecular weight is 271 g/mol. The number of rotatable bonds is 1. The van der Waals surface area contributed by atoms with Crippen molar-refractivity contribution in [2.24, 2.45) is 7.05 Å². The molecule has 72 valence electrons. The molecule has 2 heterocycles. The zero-order valence-corrected chi connectivity index (χ0v) is 9.76. The van der Waals surface area contributed by atoms with Crippen LogP contribution in [0.3, 0.4) is 0 Å². The van der Waals surface area contributed by atoms with Crippen LogP contribution in [0.25, 0.3) is 11.5 Å². The van der Waals surface area contributed by atoms with E-state index in [4.69, 9.17) is 12.2 Å². The molecule has 2 aromatic rings. The number of nitrogens with one attached hydrogen (secondary N) is 1. The molecule has 0 saturated heterocycles. The lowest BCUT2D eigenvalue weighted by molar-refractivity contribution is 0.768. The van der Waals surface area contributed by atoms with E-state index in [9.17, 15) is 0 Å². The Kier molecular flexibility index (Phi) is 2.47. The summed E-state index contributed by atoms with van der Waals surface area (Å²) in [4.78, 5) is 7.16. The second kappa shape index (κ2) is 3.62. The molecule has 0 amide bonds. The van der Waals surface area contributed by atoms with Crippen LogP contribution >= 0.6 is 28.1 Å². The van der Waals surface area contributed by atoms with Crippen molar-refractivity contribution in [3.63, 3.8) is 0 Å². The van der Waals surface area contributed by atoms with Crippen molar-refractivity contribution in [1.29, 1.82) is 0 Å². The van der Waals surface area contributed by atoms with Gasteiger partial charge in [0.05, 0.1) is 4.47 Å². The van der Waals surface area contributed by atoms with Crippen LogP contribution in [0.1, 0.15) is 0 Å². The molecule has 0 saturated carbocycles. The molecule has 14 heavy (non-hydrogen) atoms. The van der Waals surface area contributed by atoms with Crippen LogP contribution in [-0.4, -0.2) is 19.7 Å². The molecule has 0 aliphatic rings. The van der Waals surface area contributed by atoms with Gasteiger partial charge in [-0.3, -0.25) is 4.68 Å². The van der Waals surface area contributed by atoms with E-state index in [1.807, 2.05) is 19.3 Å². The number of H-pyrrole nitrogens is 1. The number of hydrogen-bond acceptors (Lipinski definition) is 3. The van der Waals surface area contributed by atoms with Crippen molar-refractivity contribution in [1.82, 2.24) is 19.7 Å². The van der Waals surface area contributed by atoms with Crippen LogP contribution in [0.15, 0.2) is 22.9 Å². The highest BCUT2D eigenvalue weighted by atomic mass is 79.9. The van der Waals surface area contributed by atoms with Gasteiger partial charge in [0.2, 0.25) is 0 Å². The average Bonchev–Trinajstić information content (AvgIpc) is 2.57. The Bertz CT molecular complexity index is 516. The lowest BCUT2D eigenvalue weighted by Crippen LogP contribution is -1.92. The van der Waals surface area contributed by atoms with Crippen LogP contribution in [0.2, 0.25) is 0 Å². The normalized spacial score (nSPS) is 10.4. The molecule has 1 N–H and O–H groups in total. The van der Waals surface area contributed by atoms with Gasteiger partial charge in [0.1, 0.15) is 10.3 Å². The zero-order valence-electron chi connectivity index (χ0n) is 7.36. The fourth-order valence-corrected chi connectivity index (χ4v) is 1.40. The topological polar surface area (TPSA) is 46.5 Å². The lowest BCUT2D eigenvalue weighted by Gasteiger charge is -1.96. The predicted molar refractivity (Wildman–Crippen MR) is 59.3 cm³/mol. The minimum atomic E-state index is 0.626. The van der Waals surface area contributed by atoms with Crippen molar-refractivity contribution in [3.8, 4) is 11.5 Å². The quantitative estimate of drug-likeness (QED) is 0.809. The van der Waals surface area contributed by atoms with Crippen molar-refractivity contribution >= 4 is 28.1 Å². The van der Waals surface area contributed by atoms with Gasteiger partial charge in [-0.25, -0.2) is 4.98 Å². The molecular weight excluding hydrogens is 264 g/mol. The highest BCUT2D eigenvalue weighted by Gasteiger charge is 2.03. The van der Waals surface area contributed by atoms with Crippen molar-refractivity contribution in [3.05, 3.63) is 27.6 Å². The standard InChI is InChI=1S/C8H7BrN4S/c1-13-3-2-6(12-13)7-10-4-5(9)8(14)11-7/h2-4H,1H3,(H,10,11,14). The third-order valence-corrected chi connectivity index (χ3v) is 2.90. The summed E-state index contributed by atoms with van der Waals surface area (Å²) in [5.74, 6) is 0.679. The first-order valence-corrected chi connectivity index (χ1v) is 5.12. The summed E-state index contributed by atoms with van der Waals surface area (Å²) in [6, 6.07) is 1.88. The predicted octanol–water partition coefficient (Wildman–Crippen LogP) is 2.30. The summed E-state index contributed by atoms with van der Waals surface area (Å²) in [6.07, 6.45) is 3.53. The fraction of sp³-hybridized carbons (Fsp3) is 0.125. The summed E-state index contributed by atoms with van der Waals surface area (Å²) in [6.45, 7) is 0. The maximum Gasteiger partial charge on any atom is 0.158 e. The van der Waals surface area contributed by atoms with E-state index < -0.39 is 0 Å². The van der Waals surface area contributed by atoms with Gasteiger partial charge in [-0.1, -0.05) is 12.2 Å². The number of nitrogens with zero attached hydrogens (tertiary/aromatic N) is 3. The monoisotopic (exact) mass is 270 g/mol. The highest BCUT2D eigenvalue weighted by molar-refractivity contribution is 9.10. The number of aromatic nitrogens is 4. The van der Waals surface area contributed by atoms with E-state index in [0.717, 1.165) is 10.2 Å². The highest BCUT2D eigenvalue weighted by Crippen LogP contribution is 2.14. The van der Waals surface area contributed by atoms with Crippen LogP contribution < -0.4 is 0 Å². The minimum absolute atomic E-state index is 0.626. The van der Waals surface area contributed by atoms with E-state index in [-0.39, 0.29) is 0 Å². The Morgan fingerprint density at radius 1 is 1.57 bits per heavy atom. The van der Waals surface area contributed by atoms with Crippen molar-refractivity contribution in [2.75, 3.05) is 0 Å². The Morgan fingerprint density at radius 3 is 2.93 bits per heavy atom. The fourth-order valence-electron chi connectivity index (χ4n) is 1.05. The van der Waals surface area contributed by atoms with E-state index in [1.165, 1.54) is 0 Å². The molecule has 2 rings (SSSR count). The van der Waals surface area contributed by atoms with Crippen molar-refractivity contribution < 1.29 is 0 Å². The molecule has 0 aliphatic heterocycles. The third kappa shape index (κ3) is 1.76. The molecule has 0 bridgehead atoms. The number of halogens is 1. The van der Waals surface area contributed by atoms with Crippen LogP contribution in [0.5, 0.6) is 0 Å². The van der Waals surface area contributed by atoms with Crippen molar-refractivity contribution in [2.45, 2.75) is 0 Å². The Morgan fingerprint density at radius 2 is 2.36 bits per heavy atom. The van der Waals surface area contributed by atoms with Gasteiger partial charge in [-0.2, -0.15) is 5.10 Å². The molecule has 0 fully saturated rings. The van der Waals surface area contributed by atoms with E-state index in [0.29, 0.717) is 10.5 Å². The minimum Gasteiger partial charge on any atom is -0.328 e. The molecular formula is C8H7BrN4S. The summed E-state index contributed by atoms with van der Waals surface area (Å²) < 4.78 is 3.13. The molecule has 0 spiro atoms. The lowest BCUT2D eigenvalue weighted by atomic mass is 10.4. The Labute approximate surface area is 94.1 Å². The summed E-state index contributed by atoms with van der Waals surface area (Å²) in [7, 11) is 1.86. The maximum absolute atomic E-state index is 5.07. The van der Waals surface area contributed by atoms with E-state index in [1.54, 1.807) is 10.9 Å². The second-order valence-electron chi connectivity index (χ2n) is 2.78. The molecule has 0 aliphatic carbocycles. The van der Waals surface area contributed by atoms with Gasteiger partial charge in [0.15, 0.2) is 5.82 Å². The molecule has 0 unspecified atom stereocenters. The first-order chi connectivity index (χ1) is 6.66. The molecule has 6 heteroatoms. The molecule has 4 nitrogen and oxygen atoms in total.